The van der Waals surface area contributed by atoms with Gasteiger partial charge in [-0.25, -0.2) is 17.5 Å². The molecule has 0 aromatic heterocycles. The van der Waals surface area contributed by atoms with Crippen molar-refractivity contribution in [2.75, 3.05) is 5.75 Å². The lowest BCUT2D eigenvalue weighted by molar-refractivity contribution is 0.579. The second-order valence-corrected chi connectivity index (χ2v) is 9.38. The average Bonchev–Trinajstić information content (AvgIpc) is 2.82. The van der Waals surface area contributed by atoms with E-state index >= 15 is 0 Å². The average molecular weight is 390 g/mol. The Bertz CT molecular complexity index is 880. The van der Waals surface area contributed by atoms with Gasteiger partial charge in [-0.2, -0.15) is 0 Å². The molecule has 0 saturated heterocycles. The molecule has 146 valence electrons. The molecule has 0 spiro atoms. The monoisotopic (exact) mass is 389 g/mol. The third kappa shape index (κ3) is 5.63. The van der Waals surface area contributed by atoms with Gasteiger partial charge < -0.3 is 0 Å². The Hall–Kier alpha value is -1.72. The molecule has 5 heteroatoms. The molecule has 1 N–H and O–H groups in total. The van der Waals surface area contributed by atoms with Gasteiger partial charge in [-0.3, -0.25) is 0 Å². The molecule has 0 bridgehead atoms. The standard InChI is InChI=1S/C22H28FNO2S/c1-2-12-27(25,26)24-16-18-10-11-19-7-3-4-8-20(22(19)15-18)13-17-6-5-9-21(23)14-17/h5-6,9-11,14-15,20,24H,2-4,7-8,12-13,16H2,1H3. The number of halogens is 1. The maximum atomic E-state index is 13.6. The van der Waals surface area contributed by atoms with Crippen molar-refractivity contribution < 1.29 is 12.8 Å². The summed E-state index contributed by atoms with van der Waals surface area (Å²) in [5, 5.41) is 0. The predicted octanol–water partition coefficient (Wildman–Crippen LogP) is 4.71. The molecule has 0 heterocycles. The molecular formula is C22H28FNO2S. The van der Waals surface area contributed by atoms with E-state index in [1.807, 2.05) is 19.1 Å². The van der Waals surface area contributed by atoms with Crippen molar-refractivity contribution in [3.63, 3.8) is 0 Å². The lowest BCUT2D eigenvalue weighted by atomic mass is 9.86. The van der Waals surface area contributed by atoms with Gasteiger partial charge in [0, 0.05) is 6.54 Å². The van der Waals surface area contributed by atoms with E-state index in [2.05, 4.69) is 16.9 Å². The van der Waals surface area contributed by atoms with Crippen LogP contribution in [0.25, 0.3) is 0 Å². The summed E-state index contributed by atoms with van der Waals surface area (Å²) in [7, 11) is -3.22. The van der Waals surface area contributed by atoms with E-state index < -0.39 is 10.0 Å². The van der Waals surface area contributed by atoms with Crippen LogP contribution in [-0.4, -0.2) is 14.2 Å². The van der Waals surface area contributed by atoms with Gasteiger partial charge in [-0.1, -0.05) is 43.7 Å². The summed E-state index contributed by atoms with van der Waals surface area (Å²) in [6, 6.07) is 13.2. The summed E-state index contributed by atoms with van der Waals surface area (Å²) in [5.41, 5.74) is 4.64. The third-order valence-corrected chi connectivity index (χ3v) is 6.77. The molecule has 1 aliphatic carbocycles. The van der Waals surface area contributed by atoms with Crippen molar-refractivity contribution >= 4 is 10.0 Å². The van der Waals surface area contributed by atoms with Crippen molar-refractivity contribution in [2.24, 2.45) is 0 Å². The molecule has 0 fully saturated rings. The van der Waals surface area contributed by atoms with E-state index in [0.29, 0.717) is 18.9 Å². The highest BCUT2D eigenvalue weighted by atomic mass is 32.2. The first-order chi connectivity index (χ1) is 13.0. The molecule has 0 saturated carbocycles. The number of hydrogen-bond acceptors (Lipinski definition) is 2. The molecule has 2 aromatic carbocycles. The molecule has 3 nitrogen and oxygen atoms in total. The van der Waals surface area contributed by atoms with Crippen molar-refractivity contribution in [2.45, 2.75) is 57.9 Å². The van der Waals surface area contributed by atoms with Crippen LogP contribution < -0.4 is 4.72 Å². The Morgan fingerprint density at radius 1 is 1.11 bits per heavy atom. The zero-order valence-electron chi connectivity index (χ0n) is 15.9. The molecule has 0 amide bonds. The fourth-order valence-corrected chi connectivity index (χ4v) is 4.99. The molecule has 2 aromatic rings. The van der Waals surface area contributed by atoms with Crippen LogP contribution in [0.1, 0.15) is 60.8 Å². The number of aryl methyl sites for hydroxylation is 1. The summed E-state index contributed by atoms with van der Waals surface area (Å²) in [6.45, 7) is 2.18. The SMILES string of the molecule is CCCS(=O)(=O)NCc1ccc2c(c1)C(Cc1cccc(F)c1)CCCC2. The summed E-state index contributed by atoms with van der Waals surface area (Å²) < 4.78 is 40.1. The number of rotatable bonds is 7. The van der Waals surface area contributed by atoms with E-state index in [1.165, 1.54) is 17.2 Å². The Labute approximate surface area is 162 Å². The fraction of sp³-hybridized carbons (Fsp3) is 0.455. The molecule has 1 aliphatic rings. The summed E-state index contributed by atoms with van der Waals surface area (Å²) in [4.78, 5) is 0. The molecule has 0 aliphatic heterocycles. The zero-order valence-corrected chi connectivity index (χ0v) is 16.7. The van der Waals surface area contributed by atoms with E-state index in [0.717, 1.165) is 43.2 Å². The minimum Gasteiger partial charge on any atom is -0.212 e. The summed E-state index contributed by atoms with van der Waals surface area (Å²) in [5.74, 6) is 0.303. The van der Waals surface area contributed by atoms with E-state index in [9.17, 15) is 12.8 Å². The minimum atomic E-state index is -3.22. The minimum absolute atomic E-state index is 0.153. The zero-order chi connectivity index (χ0) is 19.3. The van der Waals surface area contributed by atoms with Crippen LogP contribution in [0.3, 0.4) is 0 Å². The number of fused-ring (bicyclic) bond motifs is 1. The number of hydrogen-bond donors (Lipinski definition) is 1. The number of nitrogens with one attached hydrogen (secondary N) is 1. The van der Waals surface area contributed by atoms with Crippen LogP contribution in [0.2, 0.25) is 0 Å². The molecule has 3 rings (SSSR count). The Morgan fingerprint density at radius 3 is 2.74 bits per heavy atom. The predicted molar refractivity (Wildman–Crippen MR) is 108 cm³/mol. The topological polar surface area (TPSA) is 46.2 Å². The molecule has 0 radical (unpaired) electrons. The number of sulfonamides is 1. The maximum absolute atomic E-state index is 13.6. The van der Waals surface area contributed by atoms with Gasteiger partial charge in [-0.05, 0) is 72.4 Å². The van der Waals surface area contributed by atoms with Gasteiger partial charge in [0.15, 0.2) is 0 Å². The van der Waals surface area contributed by atoms with Gasteiger partial charge in [0.1, 0.15) is 5.82 Å². The van der Waals surface area contributed by atoms with Gasteiger partial charge in [-0.15, -0.1) is 0 Å². The van der Waals surface area contributed by atoms with Gasteiger partial charge in [0.05, 0.1) is 5.75 Å². The molecule has 1 unspecified atom stereocenters. The summed E-state index contributed by atoms with van der Waals surface area (Å²) in [6.07, 6.45) is 5.87. The molecular weight excluding hydrogens is 361 g/mol. The highest BCUT2D eigenvalue weighted by molar-refractivity contribution is 7.89. The Morgan fingerprint density at radius 2 is 1.96 bits per heavy atom. The first kappa shape index (κ1) is 20.0. The van der Waals surface area contributed by atoms with Gasteiger partial charge in [0.2, 0.25) is 10.0 Å². The van der Waals surface area contributed by atoms with Crippen LogP contribution in [0.15, 0.2) is 42.5 Å². The fourth-order valence-electron chi connectivity index (χ4n) is 3.92. The second kappa shape index (κ2) is 8.98. The molecule has 27 heavy (non-hydrogen) atoms. The smallest absolute Gasteiger partial charge is 0.211 e. The maximum Gasteiger partial charge on any atom is 0.211 e. The Balaban J connectivity index is 1.81. The van der Waals surface area contributed by atoms with Crippen molar-refractivity contribution in [3.8, 4) is 0 Å². The highest BCUT2D eigenvalue weighted by Gasteiger charge is 2.20. The lowest BCUT2D eigenvalue weighted by Gasteiger charge is -2.19. The molecule has 1 atom stereocenters. The van der Waals surface area contributed by atoms with E-state index in [4.69, 9.17) is 0 Å². The second-order valence-electron chi connectivity index (χ2n) is 7.45. The van der Waals surface area contributed by atoms with Crippen LogP contribution in [0.4, 0.5) is 4.39 Å². The van der Waals surface area contributed by atoms with Crippen LogP contribution >= 0.6 is 0 Å². The van der Waals surface area contributed by atoms with Gasteiger partial charge >= 0.3 is 0 Å². The van der Waals surface area contributed by atoms with E-state index in [1.54, 1.807) is 12.1 Å². The van der Waals surface area contributed by atoms with Crippen LogP contribution in [0.5, 0.6) is 0 Å². The van der Waals surface area contributed by atoms with Crippen LogP contribution in [0, 0.1) is 5.82 Å². The summed E-state index contributed by atoms with van der Waals surface area (Å²) >= 11 is 0. The normalized spacial score (nSPS) is 17.3. The van der Waals surface area contributed by atoms with Crippen molar-refractivity contribution in [1.82, 2.24) is 4.72 Å². The lowest BCUT2D eigenvalue weighted by Crippen LogP contribution is -2.25. The number of benzene rings is 2. The largest absolute Gasteiger partial charge is 0.212 e. The van der Waals surface area contributed by atoms with Crippen molar-refractivity contribution in [1.29, 1.82) is 0 Å². The van der Waals surface area contributed by atoms with Gasteiger partial charge in [0.25, 0.3) is 0 Å². The highest BCUT2D eigenvalue weighted by Crippen LogP contribution is 2.34. The van der Waals surface area contributed by atoms with Crippen molar-refractivity contribution in [3.05, 3.63) is 70.5 Å². The first-order valence-corrected chi connectivity index (χ1v) is 11.5. The van der Waals surface area contributed by atoms with Crippen LogP contribution in [-0.2, 0) is 29.4 Å². The Kier molecular flexibility index (Phi) is 6.66. The third-order valence-electron chi connectivity index (χ3n) is 5.24. The quantitative estimate of drug-likeness (QED) is 0.697. The first-order valence-electron chi connectivity index (χ1n) is 9.80. The van der Waals surface area contributed by atoms with E-state index in [-0.39, 0.29) is 11.6 Å².